The SMILES string of the molecule is Cc1nnc(SCC(=O)N2CCCC(Nc3ccc(C)c(C)c3)C2)s1. The number of benzene rings is 1. The molecule has 1 amide bonds. The molecule has 134 valence electrons. The van der Waals surface area contributed by atoms with E-state index in [1.54, 1.807) is 0 Å². The van der Waals surface area contributed by atoms with Gasteiger partial charge >= 0.3 is 0 Å². The van der Waals surface area contributed by atoms with E-state index in [1.807, 2.05) is 11.8 Å². The second-order valence-corrected chi connectivity index (χ2v) is 8.90. The van der Waals surface area contributed by atoms with Crippen LogP contribution in [0.15, 0.2) is 22.5 Å². The number of nitrogens with one attached hydrogen (secondary N) is 1. The van der Waals surface area contributed by atoms with Crippen molar-refractivity contribution in [3.63, 3.8) is 0 Å². The summed E-state index contributed by atoms with van der Waals surface area (Å²) in [7, 11) is 0. The van der Waals surface area contributed by atoms with Gasteiger partial charge in [0.15, 0.2) is 4.34 Å². The van der Waals surface area contributed by atoms with Crippen molar-refractivity contribution < 1.29 is 4.79 Å². The molecule has 2 aromatic rings. The molecule has 7 heteroatoms. The van der Waals surface area contributed by atoms with E-state index in [-0.39, 0.29) is 5.91 Å². The molecule has 0 saturated carbocycles. The molecule has 0 aliphatic carbocycles. The zero-order chi connectivity index (χ0) is 17.8. The number of aromatic nitrogens is 2. The minimum Gasteiger partial charge on any atom is -0.381 e. The van der Waals surface area contributed by atoms with Gasteiger partial charge in [-0.25, -0.2) is 0 Å². The van der Waals surface area contributed by atoms with Crippen molar-refractivity contribution in [2.45, 2.75) is 44.0 Å². The molecule has 1 unspecified atom stereocenters. The molecule has 1 saturated heterocycles. The molecule has 25 heavy (non-hydrogen) atoms. The van der Waals surface area contributed by atoms with Gasteiger partial charge in [-0.1, -0.05) is 29.2 Å². The molecule has 1 fully saturated rings. The smallest absolute Gasteiger partial charge is 0.233 e. The molecule has 5 nitrogen and oxygen atoms in total. The fraction of sp³-hybridized carbons (Fsp3) is 0.500. The number of anilines is 1. The monoisotopic (exact) mass is 376 g/mol. The summed E-state index contributed by atoms with van der Waals surface area (Å²) in [5.41, 5.74) is 3.73. The number of hydrogen-bond donors (Lipinski definition) is 1. The average molecular weight is 377 g/mol. The Hall–Kier alpha value is -1.60. The Morgan fingerprint density at radius 3 is 2.88 bits per heavy atom. The van der Waals surface area contributed by atoms with E-state index in [9.17, 15) is 4.79 Å². The fourth-order valence-electron chi connectivity index (χ4n) is 2.94. The number of hydrogen-bond acceptors (Lipinski definition) is 6. The van der Waals surface area contributed by atoms with Crippen molar-refractivity contribution in [3.8, 4) is 0 Å². The number of likely N-dealkylation sites (tertiary alicyclic amines) is 1. The van der Waals surface area contributed by atoms with Crippen LogP contribution < -0.4 is 5.32 Å². The van der Waals surface area contributed by atoms with Crippen LogP contribution in [-0.4, -0.2) is 45.9 Å². The molecule has 2 heterocycles. The predicted molar refractivity (Wildman–Crippen MR) is 105 cm³/mol. The second kappa shape index (κ2) is 8.19. The highest BCUT2D eigenvalue weighted by Crippen LogP contribution is 2.23. The van der Waals surface area contributed by atoms with Crippen molar-refractivity contribution in [1.82, 2.24) is 15.1 Å². The molecule has 1 aromatic heterocycles. The normalized spacial score (nSPS) is 17.6. The molecule has 1 N–H and O–H groups in total. The van der Waals surface area contributed by atoms with Gasteiger partial charge in [-0.2, -0.15) is 0 Å². The molecule has 3 rings (SSSR count). The Kier molecular flexibility index (Phi) is 5.96. The molecule has 1 aliphatic heterocycles. The topological polar surface area (TPSA) is 58.1 Å². The number of carbonyl (C=O) groups excluding carboxylic acids is 1. The van der Waals surface area contributed by atoms with Crippen LogP contribution in [0.2, 0.25) is 0 Å². The molecular formula is C18H24N4OS2. The summed E-state index contributed by atoms with van der Waals surface area (Å²) in [6, 6.07) is 6.76. The molecule has 0 spiro atoms. The van der Waals surface area contributed by atoms with E-state index in [1.165, 1.54) is 34.2 Å². The van der Waals surface area contributed by atoms with Crippen LogP contribution in [0.5, 0.6) is 0 Å². The van der Waals surface area contributed by atoms with Crippen LogP contribution in [-0.2, 0) is 4.79 Å². The number of nitrogens with zero attached hydrogens (tertiary/aromatic N) is 3. The molecule has 1 atom stereocenters. The molecule has 1 aliphatic rings. The van der Waals surface area contributed by atoms with Gasteiger partial charge in [-0.3, -0.25) is 4.79 Å². The van der Waals surface area contributed by atoms with Crippen LogP contribution in [0.25, 0.3) is 0 Å². The standard InChI is InChI=1S/C18H24N4OS2/c1-12-6-7-15(9-13(12)2)19-16-5-4-8-22(10-16)17(23)11-24-18-21-20-14(3)25-18/h6-7,9,16,19H,4-5,8,10-11H2,1-3H3. The van der Waals surface area contributed by atoms with Crippen LogP contribution in [0, 0.1) is 20.8 Å². The summed E-state index contributed by atoms with van der Waals surface area (Å²) in [6.07, 6.45) is 2.14. The zero-order valence-corrected chi connectivity index (χ0v) is 16.5. The lowest BCUT2D eigenvalue weighted by Gasteiger charge is -2.33. The zero-order valence-electron chi connectivity index (χ0n) is 14.9. The van der Waals surface area contributed by atoms with Crippen molar-refractivity contribution in [2.24, 2.45) is 0 Å². The number of piperidine rings is 1. The van der Waals surface area contributed by atoms with Gasteiger partial charge in [-0.05, 0) is 56.9 Å². The summed E-state index contributed by atoms with van der Waals surface area (Å²) in [4.78, 5) is 14.5. The van der Waals surface area contributed by atoms with Gasteiger partial charge in [0.2, 0.25) is 5.91 Å². The summed E-state index contributed by atoms with van der Waals surface area (Å²) >= 11 is 3.02. The minimum absolute atomic E-state index is 0.185. The number of aryl methyl sites for hydroxylation is 3. The van der Waals surface area contributed by atoms with Gasteiger partial charge in [0.05, 0.1) is 5.75 Å². The number of thioether (sulfide) groups is 1. The highest BCUT2D eigenvalue weighted by molar-refractivity contribution is 8.01. The van der Waals surface area contributed by atoms with Crippen molar-refractivity contribution in [1.29, 1.82) is 0 Å². The third-order valence-electron chi connectivity index (χ3n) is 4.48. The Balaban J connectivity index is 1.53. The van der Waals surface area contributed by atoms with Gasteiger partial charge in [-0.15, -0.1) is 10.2 Å². The average Bonchev–Trinajstić information content (AvgIpc) is 3.02. The van der Waals surface area contributed by atoms with Crippen molar-refractivity contribution >= 4 is 34.7 Å². The van der Waals surface area contributed by atoms with E-state index in [4.69, 9.17) is 0 Å². The van der Waals surface area contributed by atoms with Crippen molar-refractivity contribution in [2.75, 3.05) is 24.2 Å². The molecule has 0 bridgehead atoms. The molecule has 1 aromatic carbocycles. The van der Waals surface area contributed by atoms with E-state index in [2.05, 4.69) is 47.6 Å². The first-order valence-electron chi connectivity index (χ1n) is 8.56. The Morgan fingerprint density at radius 1 is 1.32 bits per heavy atom. The maximum atomic E-state index is 12.5. The highest BCUT2D eigenvalue weighted by Gasteiger charge is 2.24. The lowest BCUT2D eigenvalue weighted by molar-refractivity contribution is -0.129. The van der Waals surface area contributed by atoms with Crippen LogP contribution in [0.3, 0.4) is 0 Å². The van der Waals surface area contributed by atoms with E-state index in [0.717, 1.165) is 41.0 Å². The Bertz CT molecular complexity index is 746. The Morgan fingerprint density at radius 2 is 2.16 bits per heavy atom. The number of amides is 1. The minimum atomic E-state index is 0.185. The van der Waals surface area contributed by atoms with Crippen molar-refractivity contribution in [3.05, 3.63) is 34.3 Å². The summed E-state index contributed by atoms with van der Waals surface area (Å²) in [5, 5.41) is 12.6. The number of rotatable bonds is 5. The quantitative estimate of drug-likeness (QED) is 0.807. The van der Waals surface area contributed by atoms with Crippen LogP contribution >= 0.6 is 23.1 Å². The number of carbonyl (C=O) groups is 1. The summed E-state index contributed by atoms with van der Waals surface area (Å²) in [5.74, 6) is 0.620. The third kappa shape index (κ3) is 4.95. The molecular weight excluding hydrogens is 352 g/mol. The summed E-state index contributed by atoms with van der Waals surface area (Å²) < 4.78 is 0.868. The van der Waals surface area contributed by atoms with Gasteiger partial charge in [0, 0.05) is 24.8 Å². The first kappa shape index (κ1) is 18.2. The third-order valence-corrected chi connectivity index (χ3v) is 6.44. The lowest BCUT2D eigenvalue weighted by atomic mass is 10.0. The van der Waals surface area contributed by atoms with E-state index >= 15 is 0 Å². The fourth-order valence-corrected chi connectivity index (χ4v) is 4.66. The first-order valence-corrected chi connectivity index (χ1v) is 10.4. The maximum Gasteiger partial charge on any atom is 0.233 e. The molecule has 0 radical (unpaired) electrons. The van der Waals surface area contributed by atoms with Crippen LogP contribution in [0.1, 0.15) is 29.0 Å². The van der Waals surface area contributed by atoms with Crippen LogP contribution in [0.4, 0.5) is 5.69 Å². The van der Waals surface area contributed by atoms with Gasteiger partial charge in [0.1, 0.15) is 5.01 Å². The largest absolute Gasteiger partial charge is 0.381 e. The lowest BCUT2D eigenvalue weighted by Crippen LogP contribution is -2.45. The first-order chi connectivity index (χ1) is 12.0. The predicted octanol–water partition coefficient (Wildman–Crippen LogP) is 3.66. The maximum absolute atomic E-state index is 12.5. The van der Waals surface area contributed by atoms with Gasteiger partial charge in [0.25, 0.3) is 0 Å². The highest BCUT2D eigenvalue weighted by atomic mass is 32.2. The van der Waals surface area contributed by atoms with Gasteiger partial charge < -0.3 is 10.2 Å². The summed E-state index contributed by atoms with van der Waals surface area (Å²) in [6.45, 7) is 7.79. The van der Waals surface area contributed by atoms with E-state index < -0.39 is 0 Å². The van der Waals surface area contributed by atoms with E-state index in [0.29, 0.717) is 11.8 Å². The second-order valence-electron chi connectivity index (χ2n) is 6.50. The Labute approximate surface area is 157 Å².